The van der Waals surface area contributed by atoms with Gasteiger partial charge in [0.25, 0.3) is 5.91 Å². The van der Waals surface area contributed by atoms with E-state index in [4.69, 9.17) is 5.73 Å². The molecule has 4 rings (SSSR count). The summed E-state index contributed by atoms with van der Waals surface area (Å²) in [6.07, 6.45) is 6.46. The number of nitrogens with one attached hydrogen (secondary N) is 1. The van der Waals surface area contributed by atoms with Crippen LogP contribution in [0.2, 0.25) is 0 Å². The van der Waals surface area contributed by atoms with Gasteiger partial charge in [0.1, 0.15) is 5.69 Å². The van der Waals surface area contributed by atoms with Gasteiger partial charge in [-0.1, -0.05) is 6.07 Å². The SMILES string of the molecule is NC(=O)C1C2CCC(C2)C1NC(=O)c1cccc(-n2cccn2)n1. The fraction of sp³-hybridized carbons (Fsp3) is 0.412. The van der Waals surface area contributed by atoms with E-state index in [1.54, 1.807) is 41.3 Å². The molecule has 2 heterocycles. The minimum absolute atomic E-state index is 0.177. The molecule has 0 aromatic carbocycles. The smallest absolute Gasteiger partial charge is 0.270 e. The molecule has 2 aliphatic rings. The number of carbonyl (C=O) groups excluding carboxylic acids is 2. The number of fused-ring (bicyclic) bond motifs is 2. The Labute approximate surface area is 139 Å². The van der Waals surface area contributed by atoms with Gasteiger partial charge in [0.2, 0.25) is 5.91 Å². The highest BCUT2D eigenvalue weighted by Gasteiger charge is 2.50. The maximum Gasteiger partial charge on any atom is 0.270 e. The first-order valence-corrected chi connectivity index (χ1v) is 8.21. The Balaban J connectivity index is 1.54. The van der Waals surface area contributed by atoms with Crippen LogP contribution in [-0.2, 0) is 4.79 Å². The van der Waals surface area contributed by atoms with Crippen LogP contribution in [-0.4, -0.2) is 32.6 Å². The average molecular weight is 325 g/mol. The summed E-state index contributed by atoms with van der Waals surface area (Å²) in [7, 11) is 0. The van der Waals surface area contributed by atoms with Crippen molar-refractivity contribution in [2.45, 2.75) is 25.3 Å². The van der Waals surface area contributed by atoms with Crippen molar-refractivity contribution >= 4 is 11.8 Å². The number of rotatable bonds is 4. The molecule has 24 heavy (non-hydrogen) atoms. The number of primary amides is 1. The summed E-state index contributed by atoms with van der Waals surface area (Å²) in [6.45, 7) is 0. The van der Waals surface area contributed by atoms with E-state index in [1.165, 1.54) is 0 Å². The Bertz CT molecular complexity index is 773. The number of aromatic nitrogens is 3. The number of nitrogens with two attached hydrogens (primary N) is 1. The number of pyridine rings is 1. The molecule has 2 amide bonds. The topological polar surface area (TPSA) is 103 Å². The van der Waals surface area contributed by atoms with Crippen LogP contribution in [0.15, 0.2) is 36.7 Å². The van der Waals surface area contributed by atoms with Gasteiger partial charge < -0.3 is 11.1 Å². The van der Waals surface area contributed by atoms with Gasteiger partial charge in [-0.3, -0.25) is 9.59 Å². The number of hydrogen-bond donors (Lipinski definition) is 2. The highest BCUT2D eigenvalue weighted by molar-refractivity contribution is 5.93. The van der Waals surface area contributed by atoms with E-state index in [9.17, 15) is 9.59 Å². The molecule has 0 spiro atoms. The number of hydrogen-bond acceptors (Lipinski definition) is 4. The first-order chi connectivity index (χ1) is 11.6. The highest BCUT2D eigenvalue weighted by atomic mass is 16.2. The summed E-state index contributed by atoms with van der Waals surface area (Å²) in [5, 5.41) is 7.12. The summed E-state index contributed by atoms with van der Waals surface area (Å²) in [4.78, 5) is 28.7. The minimum Gasteiger partial charge on any atom is -0.369 e. The van der Waals surface area contributed by atoms with Crippen LogP contribution in [0, 0.1) is 17.8 Å². The van der Waals surface area contributed by atoms with Crippen LogP contribution in [0.3, 0.4) is 0 Å². The van der Waals surface area contributed by atoms with Crippen LogP contribution >= 0.6 is 0 Å². The fourth-order valence-electron chi connectivity index (χ4n) is 4.22. The average Bonchev–Trinajstić information content (AvgIpc) is 3.31. The molecule has 2 fully saturated rings. The summed E-state index contributed by atoms with van der Waals surface area (Å²) < 4.78 is 1.60. The molecule has 0 saturated heterocycles. The largest absolute Gasteiger partial charge is 0.369 e. The predicted octanol–water partition coefficient (Wildman–Crippen LogP) is 0.897. The van der Waals surface area contributed by atoms with Gasteiger partial charge in [-0.2, -0.15) is 5.10 Å². The quantitative estimate of drug-likeness (QED) is 0.871. The molecular weight excluding hydrogens is 306 g/mol. The lowest BCUT2D eigenvalue weighted by molar-refractivity contribution is -0.124. The molecule has 2 aromatic rings. The third-order valence-electron chi connectivity index (χ3n) is 5.25. The van der Waals surface area contributed by atoms with Crippen molar-refractivity contribution in [2.75, 3.05) is 0 Å². The molecule has 3 N–H and O–H groups in total. The van der Waals surface area contributed by atoms with Gasteiger partial charge in [-0.25, -0.2) is 9.67 Å². The van der Waals surface area contributed by atoms with Crippen molar-refractivity contribution in [1.82, 2.24) is 20.1 Å². The number of nitrogens with zero attached hydrogens (tertiary/aromatic N) is 3. The van der Waals surface area contributed by atoms with Crippen molar-refractivity contribution in [3.8, 4) is 5.82 Å². The lowest BCUT2D eigenvalue weighted by Gasteiger charge is -2.29. The van der Waals surface area contributed by atoms with Gasteiger partial charge in [0.15, 0.2) is 5.82 Å². The molecular formula is C17H19N5O2. The van der Waals surface area contributed by atoms with E-state index < -0.39 is 0 Å². The lowest BCUT2D eigenvalue weighted by Crippen LogP contribution is -2.48. The molecule has 4 atom stereocenters. The molecule has 2 aromatic heterocycles. The van der Waals surface area contributed by atoms with Crippen LogP contribution in [0.5, 0.6) is 0 Å². The second kappa shape index (κ2) is 5.74. The molecule has 7 heteroatoms. The molecule has 4 unspecified atom stereocenters. The van der Waals surface area contributed by atoms with Crippen molar-refractivity contribution in [1.29, 1.82) is 0 Å². The monoisotopic (exact) mass is 325 g/mol. The van der Waals surface area contributed by atoms with Gasteiger partial charge >= 0.3 is 0 Å². The highest BCUT2D eigenvalue weighted by Crippen LogP contribution is 2.48. The molecule has 2 bridgehead atoms. The zero-order chi connectivity index (χ0) is 16.7. The predicted molar refractivity (Wildman–Crippen MR) is 86.1 cm³/mol. The Morgan fingerprint density at radius 3 is 2.79 bits per heavy atom. The van der Waals surface area contributed by atoms with Crippen LogP contribution in [0.25, 0.3) is 5.82 Å². The van der Waals surface area contributed by atoms with E-state index in [-0.39, 0.29) is 23.8 Å². The van der Waals surface area contributed by atoms with Gasteiger partial charge in [-0.05, 0) is 49.3 Å². The van der Waals surface area contributed by atoms with Gasteiger partial charge in [0.05, 0.1) is 5.92 Å². The second-order valence-corrected chi connectivity index (χ2v) is 6.59. The van der Waals surface area contributed by atoms with Crippen molar-refractivity contribution < 1.29 is 9.59 Å². The van der Waals surface area contributed by atoms with E-state index in [2.05, 4.69) is 15.4 Å². The first kappa shape index (κ1) is 14.9. The zero-order valence-electron chi connectivity index (χ0n) is 13.1. The summed E-state index contributed by atoms with van der Waals surface area (Å²) >= 11 is 0. The van der Waals surface area contributed by atoms with Gasteiger partial charge in [0, 0.05) is 18.4 Å². The normalized spacial score (nSPS) is 28.0. The van der Waals surface area contributed by atoms with Crippen molar-refractivity contribution in [3.63, 3.8) is 0 Å². The van der Waals surface area contributed by atoms with E-state index >= 15 is 0 Å². The fourth-order valence-corrected chi connectivity index (χ4v) is 4.22. The first-order valence-electron chi connectivity index (χ1n) is 8.21. The third-order valence-corrected chi connectivity index (χ3v) is 5.25. The zero-order valence-corrected chi connectivity index (χ0v) is 13.1. The summed E-state index contributed by atoms with van der Waals surface area (Å²) in [5.74, 6) is 0.375. The Morgan fingerprint density at radius 2 is 2.04 bits per heavy atom. The van der Waals surface area contributed by atoms with Crippen LogP contribution in [0.4, 0.5) is 0 Å². The second-order valence-electron chi connectivity index (χ2n) is 6.59. The molecule has 2 aliphatic carbocycles. The van der Waals surface area contributed by atoms with Crippen molar-refractivity contribution in [2.24, 2.45) is 23.5 Å². The number of carbonyl (C=O) groups is 2. The molecule has 0 aliphatic heterocycles. The molecule has 7 nitrogen and oxygen atoms in total. The number of amides is 2. The Morgan fingerprint density at radius 1 is 1.21 bits per heavy atom. The summed E-state index contributed by atoms with van der Waals surface area (Å²) in [6, 6.07) is 6.83. The van der Waals surface area contributed by atoms with Gasteiger partial charge in [-0.15, -0.1) is 0 Å². The van der Waals surface area contributed by atoms with Crippen LogP contribution < -0.4 is 11.1 Å². The van der Waals surface area contributed by atoms with E-state index in [0.29, 0.717) is 23.3 Å². The third kappa shape index (κ3) is 2.46. The standard InChI is InChI=1S/C17H19N5O2/c18-16(23)14-10-5-6-11(9-10)15(14)21-17(24)12-3-1-4-13(20-12)22-8-2-7-19-22/h1-4,7-8,10-11,14-15H,5-6,9H2,(H2,18,23)(H,21,24). The molecule has 2 saturated carbocycles. The maximum atomic E-state index is 12.6. The summed E-state index contributed by atoms with van der Waals surface area (Å²) in [5.41, 5.74) is 5.87. The minimum atomic E-state index is -0.314. The van der Waals surface area contributed by atoms with E-state index in [1.807, 2.05) is 0 Å². The Kier molecular flexibility index (Phi) is 3.55. The van der Waals surface area contributed by atoms with Crippen LogP contribution in [0.1, 0.15) is 29.8 Å². The van der Waals surface area contributed by atoms with E-state index in [0.717, 1.165) is 19.3 Å². The molecule has 124 valence electrons. The van der Waals surface area contributed by atoms with Crippen molar-refractivity contribution in [3.05, 3.63) is 42.4 Å². The lowest BCUT2D eigenvalue weighted by atomic mass is 9.84. The molecule has 0 radical (unpaired) electrons. The Hall–Kier alpha value is -2.70. The maximum absolute atomic E-state index is 12.6.